The van der Waals surface area contributed by atoms with Crippen LogP contribution in [0.3, 0.4) is 0 Å². The highest BCUT2D eigenvalue weighted by atomic mass is 16.5. The molecule has 0 aliphatic heterocycles. The van der Waals surface area contributed by atoms with Gasteiger partial charge < -0.3 is 10.1 Å². The minimum Gasteiger partial charge on any atom is -0.497 e. The molecule has 2 N–H and O–H groups in total. The molecular weight excluding hydrogens is 346 g/mol. The van der Waals surface area contributed by atoms with Gasteiger partial charge in [0.25, 0.3) is 0 Å². The Morgan fingerprint density at radius 2 is 1.79 bits per heavy atom. The zero-order valence-corrected chi connectivity index (χ0v) is 15.9. The van der Waals surface area contributed by atoms with Crippen LogP contribution >= 0.6 is 0 Å². The van der Waals surface area contributed by atoms with Gasteiger partial charge in [-0.2, -0.15) is 5.10 Å². The molecule has 4 heteroatoms. The van der Waals surface area contributed by atoms with Gasteiger partial charge in [0.1, 0.15) is 5.75 Å². The molecule has 1 aliphatic carbocycles. The van der Waals surface area contributed by atoms with Gasteiger partial charge >= 0.3 is 0 Å². The number of methoxy groups -OCH3 is 1. The number of nitrogens with one attached hydrogen (secondary N) is 2. The lowest BCUT2D eigenvalue weighted by atomic mass is 10.0. The predicted molar refractivity (Wildman–Crippen MR) is 112 cm³/mol. The van der Waals surface area contributed by atoms with E-state index in [-0.39, 0.29) is 5.54 Å². The Bertz CT molecular complexity index is 1110. The van der Waals surface area contributed by atoms with Crippen molar-refractivity contribution in [1.29, 1.82) is 0 Å². The van der Waals surface area contributed by atoms with E-state index in [0.29, 0.717) is 0 Å². The molecule has 0 spiro atoms. The first kappa shape index (κ1) is 17.0. The summed E-state index contributed by atoms with van der Waals surface area (Å²) in [5.74, 6) is 0.877. The number of H-pyrrole nitrogens is 1. The van der Waals surface area contributed by atoms with E-state index in [0.717, 1.165) is 23.6 Å². The van der Waals surface area contributed by atoms with Crippen LogP contribution in [0.4, 0.5) is 0 Å². The average molecular weight is 369 g/mol. The quantitative estimate of drug-likeness (QED) is 0.502. The Morgan fingerprint density at radius 1 is 1.00 bits per heavy atom. The summed E-state index contributed by atoms with van der Waals surface area (Å²) in [5, 5.41) is 13.6. The molecule has 0 bridgehead atoms. The molecule has 1 aromatic heterocycles. The number of rotatable bonds is 6. The number of aromatic nitrogens is 2. The van der Waals surface area contributed by atoms with Gasteiger partial charge in [-0.15, -0.1) is 0 Å². The number of ether oxygens (including phenoxy) is 1. The molecule has 140 valence electrons. The Balaban J connectivity index is 1.40. The monoisotopic (exact) mass is 369 g/mol. The van der Waals surface area contributed by atoms with Crippen LogP contribution in [0, 0.1) is 0 Å². The SMILES string of the molecule is COc1ccc2cc(-c3[nH]ncc3CNC3(c4ccccc4)CC3)ccc2c1. The van der Waals surface area contributed by atoms with Gasteiger partial charge in [-0.05, 0) is 47.4 Å². The maximum Gasteiger partial charge on any atom is 0.119 e. The van der Waals surface area contributed by atoms with Gasteiger partial charge in [0.15, 0.2) is 0 Å². The molecule has 0 saturated heterocycles. The summed E-state index contributed by atoms with van der Waals surface area (Å²) in [6.07, 6.45) is 4.30. The van der Waals surface area contributed by atoms with Crippen LogP contribution in [0.25, 0.3) is 22.0 Å². The van der Waals surface area contributed by atoms with E-state index in [2.05, 4.69) is 76.2 Å². The van der Waals surface area contributed by atoms with Crippen molar-refractivity contribution in [2.45, 2.75) is 24.9 Å². The Morgan fingerprint density at radius 3 is 2.57 bits per heavy atom. The van der Waals surface area contributed by atoms with E-state index >= 15 is 0 Å². The lowest BCUT2D eigenvalue weighted by Crippen LogP contribution is -2.28. The van der Waals surface area contributed by atoms with Crippen molar-refractivity contribution in [1.82, 2.24) is 15.5 Å². The highest BCUT2D eigenvalue weighted by Gasteiger charge is 2.43. The smallest absolute Gasteiger partial charge is 0.119 e. The van der Waals surface area contributed by atoms with Crippen LogP contribution < -0.4 is 10.1 Å². The summed E-state index contributed by atoms with van der Waals surface area (Å²) in [6, 6.07) is 23.4. The topological polar surface area (TPSA) is 49.9 Å². The molecule has 1 fully saturated rings. The Kier molecular flexibility index (Phi) is 4.14. The number of fused-ring (bicyclic) bond motifs is 1. The van der Waals surface area contributed by atoms with Gasteiger partial charge in [0, 0.05) is 23.2 Å². The summed E-state index contributed by atoms with van der Waals surface area (Å²) in [5.41, 5.74) is 4.91. The van der Waals surface area contributed by atoms with Crippen LogP contribution in [0.1, 0.15) is 24.0 Å². The number of benzene rings is 3. The van der Waals surface area contributed by atoms with Crippen LogP contribution in [0.15, 0.2) is 72.9 Å². The van der Waals surface area contributed by atoms with Crippen molar-refractivity contribution in [2.75, 3.05) is 7.11 Å². The molecule has 0 radical (unpaired) electrons. The third-order valence-electron chi connectivity index (χ3n) is 5.75. The maximum absolute atomic E-state index is 5.33. The van der Waals surface area contributed by atoms with Gasteiger partial charge in [0.05, 0.1) is 19.0 Å². The van der Waals surface area contributed by atoms with Crippen molar-refractivity contribution in [3.05, 3.63) is 84.1 Å². The van der Waals surface area contributed by atoms with Crippen molar-refractivity contribution in [3.8, 4) is 17.0 Å². The summed E-state index contributed by atoms with van der Waals surface area (Å²) in [6.45, 7) is 0.793. The Hall–Kier alpha value is -3.11. The number of hydrogen-bond donors (Lipinski definition) is 2. The van der Waals surface area contributed by atoms with E-state index in [4.69, 9.17) is 4.74 Å². The van der Waals surface area contributed by atoms with Crippen molar-refractivity contribution in [3.63, 3.8) is 0 Å². The molecule has 4 nitrogen and oxygen atoms in total. The Labute approximate surface area is 164 Å². The standard InChI is InChI=1S/C24H23N3O/c1-28-22-10-9-17-13-19(8-7-18(17)14-22)23-20(16-26-27-23)15-25-24(11-12-24)21-5-3-2-4-6-21/h2-10,13-14,16,25H,11-12,15H2,1H3,(H,26,27). The molecular formula is C24H23N3O. The van der Waals surface area contributed by atoms with Crippen LogP contribution in [-0.2, 0) is 12.1 Å². The highest BCUT2D eigenvalue weighted by Crippen LogP contribution is 2.45. The molecule has 3 aromatic carbocycles. The summed E-state index contributed by atoms with van der Waals surface area (Å²) in [4.78, 5) is 0. The second-order valence-corrected chi connectivity index (χ2v) is 7.50. The van der Waals surface area contributed by atoms with Crippen molar-refractivity contribution >= 4 is 10.8 Å². The van der Waals surface area contributed by atoms with Crippen LogP contribution in [0.2, 0.25) is 0 Å². The zero-order valence-electron chi connectivity index (χ0n) is 15.9. The summed E-state index contributed by atoms with van der Waals surface area (Å²) < 4.78 is 5.33. The van der Waals surface area contributed by atoms with Gasteiger partial charge in [0.2, 0.25) is 0 Å². The first-order valence-corrected chi connectivity index (χ1v) is 9.68. The third-order valence-corrected chi connectivity index (χ3v) is 5.75. The zero-order chi connectivity index (χ0) is 19.0. The highest BCUT2D eigenvalue weighted by molar-refractivity contribution is 5.88. The minimum atomic E-state index is 0.121. The molecule has 4 aromatic rings. The third kappa shape index (κ3) is 3.06. The lowest BCUT2D eigenvalue weighted by molar-refractivity contribution is 0.415. The number of hydrogen-bond acceptors (Lipinski definition) is 3. The second kappa shape index (κ2) is 6.80. The molecule has 1 aliphatic rings. The van der Waals surface area contributed by atoms with Gasteiger partial charge in [-0.3, -0.25) is 5.10 Å². The molecule has 0 atom stereocenters. The van der Waals surface area contributed by atoms with Crippen LogP contribution in [-0.4, -0.2) is 17.3 Å². The van der Waals surface area contributed by atoms with Gasteiger partial charge in [-0.25, -0.2) is 0 Å². The number of aromatic amines is 1. The fraction of sp³-hybridized carbons (Fsp3) is 0.208. The van der Waals surface area contributed by atoms with Crippen LogP contribution in [0.5, 0.6) is 5.75 Å². The molecule has 0 unspecified atom stereocenters. The van der Waals surface area contributed by atoms with E-state index in [1.807, 2.05) is 12.3 Å². The fourth-order valence-corrected chi connectivity index (χ4v) is 3.92. The molecule has 1 heterocycles. The van der Waals surface area contributed by atoms with Gasteiger partial charge in [-0.1, -0.05) is 48.5 Å². The first-order valence-electron chi connectivity index (χ1n) is 9.68. The van der Waals surface area contributed by atoms with E-state index in [1.54, 1.807) is 7.11 Å². The largest absolute Gasteiger partial charge is 0.497 e. The van der Waals surface area contributed by atoms with Crippen molar-refractivity contribution < 1.29 is 4.74 Å². The van der Waals surface area contributed by atoms with Crippen molar-refractivity contribution in [2.24, 2.45) is 0 Å². The maximum atomic E-state index is 5.33. The molecule has 1 saturated carbocycles. The minimum absolute atomic E-state index is 0.121. The molecule has 5 rings (SSSR count). The summed E-state index contributed by atoms with van der Waals surface area (Å²) in [7, 11) is 1.70. The molecule has 28 heavy (non-hydrogen) atoms. The molecule has 0 amide bonds. The predicted octanol–water partition coefficient (Wildman–Crippen LogP) is 5.02. The lowest BCUT2D eigenvalue weighted by Gasteiger charge is -2.18. The average Bonchev–Trinajstić information content (AvgIpc) is 3.41. The fourth-order valence-electron chi connectivity index (χ4n) is 3.92. The number of nitrogens with zero attached hydrogens (tertiary/aromatic N) is 1. The second-order valence-electron chi connectivity index (χ2n) is 7.50. The van der Waals surface area contributed by atoms with E-state index in [1.165, 1.54) is 34.7 Å². The summed E-state index contributed by atoms with van der Waals surface area (Å²) >= 11 is 0. The van der Waals surface area contributed by atoms with E-state index in [9.17, 15) is 0 Å². The normalized spacial score (nSPS) is 14.9. The first-order chi connectivity index (χ1) is 13.8. The van der Waals surface area contributed by atoms with E-state index < -0.39 is 0 Å².